The fourth-order valence-corrected chi connectivity index (χ4v) is 2.09. The Morgan fingerprint density at radius 3 is 2.52 bits per heavy atom. The first-order chi connectivity index (χ1) is 10.1. The van der Waals surface area contributed by atoms with Gasteiger partial charge in [0.2, 0.25) is 0 Å². The van der Waals surface area contributed by atoms with Crippen LogP contribution >= 0.6 is 0 Å². The molecular weight excluding hydrogens is 269 g/mol. The molecule has 21 heavy (non-hydrogen) atoms. The first-order valence-corrected chi connectivity index (χ1v) is 6.98. The van der Waals surface area contributed by atoms with Gasteiger partial charge in [-0.05, 0) is 56.3 Å². The second kappa shape index (κ2) is 7.20. The second-order valence-corrected chi connectivity index (χ2v) is 4.91. The van der Waals surface area contributed by atoms with Crippen LogP contribution in [0.2, 0.25) is 0 Å². The molecule has 1 unspecified atom stereocenters. The molecule has 0 fully saturated rings. The number of aliphatic hydroxyl groups excluding tert-OH is 1. The Labute approximate surface area is 124 Å². The van der Waals surface area contributed by atoms with E-state index in [4.69, 9.17) is 9.84 Å². The summed E-state index contributed by atoms with van der Waals surface area (Å²) in [5.41, 5.74) is 1.82. The highest BCUT2D eigenvalue weighted by Crippen LogP contribution is 2.30. The van der Waals surface area contributed by atoms with Crippen molar-refractivity contribution in [3.63, 3.8) is 0 Å². The minimum absolute atomic E-state index is 0.00985. The number of aliphatic hydroxyl groups is 1. The Bertz CT molecular complexity index is 584. The zero-order chi connectivity index (χ0) is 15.2. The predicted octanol–water partition coefficient (Wildman–Crippen LogP) is 3.43. The van der Waals surface area contributed by atoms with Gasteiger partial charge in [-0.2, -0.15) is 0 Å². The van der Waals surface area contributed by atoms with Crippen molar-refractivity contribution in [2.75, 3.05) is 13.7 Å². The van der Waals surface area contributed by atoms with Gasteiger partial charge in [0.1, 0.15) is 17.3 Å². The first-order valence-electron chi connectivity index (χ1n) is 6.98. The maximum atomic E-state index is 13.4. The standard InChI is InChI=1S/C17H20FNO2/c1-12(19-2)16-11-14(18)5-8-17(16)21-15-6-3-13(4-7-15)9-10-20/h3-8,11-12,19-20H,9-10H2,1-2H3. The van der Waals surface area contributed by atoms with Crippen LogP contribution in [0.15, 0.2) is 42.5 Å². The van der Waals surface area contributed by atoms with Crippen molar-refractivity contribution in [2.24, 2.45) is 0 Å². The molecule has 0 saturated carbocycles. The summed E-state index contributed by atoms with van der Waals surface area (Å²) in [6, 6.07) is 12.0. The average Bonchev–Trinajstić information content (AvgIpc) is 2.50. The Hall–Kier alpha value is -1.91. The van der Waals surface area contributed by atoms with E-state index in [1.54, 1.807) is 6.07 Å². The van der Waals surface area contributed by atoms with Gasteiger partial charge in [0, 0.05) is 18.2 Å². The Kier molecular flexibility index (Phi) is 5.31. The van der Waals surface area contributed by atoms with E-state index in [-0.39, 0.29) is 18.5 Å². The van der Waals surface area contributed by atoms with E-state index < -0.39 is 0 Å². The number of halogens is 1. The lowest BCUT2D eigenvalue weighted by atomic mass is 10.1. The SMILES string of the molecule is CNC(C)c1cc(F)ccc1Oc1ccc(CCO)cc1. The molecule has 0 heterocycles. The van der Waals surface area contributed by atoms with Crippen LogP contribution in [0.4, 0.5) is 4.39 Å². The molecule has 0 aliphatic rings. The topological polar surface area (TPSA) is 41.5 Å². The van der Waals surface area contributed by atoms with E-state index in [1.807, 2.05) is 38.2 Å². The minimum Gasteiger partial charge on any atom is -0.457 e. The summed E-state index contributed by atoms with van der Waals surface area (Å²) in [7, 11) is 1.82. The van der Waals surface area contributed by atoms with Gasteiger partial charge in [0.05, 0.1) is 0 Å². The molecule has 112 valence electrons. The zero-order valence-electron chi connectivity index (χ0n) is 12.3. The number of hydrogen-bond acceptors (Lipinski definition) is 3. The Morgan fingerprint density at radius 1 is 1.19 bits per heavy atom. The van der Waals surface area contributed by atoms with Crippen LogP contribution in [-0.4, -0.2) is 18.8 Å². The van der Waals surface area contributed by atoms with Crippen molar-refractivity contribution in [2.45, 2.75) is 19.4 Å². The molecule has 0 aliphatic heterocycles. The molecular formula is C17H20FNO2. The van der Waals surface area contributed by atoms with Crippen molar-refractivity contribution in [1.29, 1.82) is 0 Å². The highest BCUT2D eigenvalue weighted by Gasteiger charge is 2.12. The van der Waals surface area contributed by atoms with Gasteiger partial charge in [0.15, 0.2) is 0 Å². The lowest BCUT2D eigenvalue weighted by Gasteiger charge is -2.16. The van der Waals surface area contributed by atoms with Crippen molar-refractivity contribution < 1.29 is 14.2 Å². The van der Waals surface area contributed by atoms with Crippen LogP contribution in [0.5, 0.6) is 11.5 Å². The molecule has 0 radical (unpaired) electrons. The highest BCUT2D eigenvalue weighted by atomic mass is 19.1. The fraction of sp³-hybridized carbons (Fsp3) is 0.294. The largest absolute Gasteiger partial charge is 0.457 e. The van der Waals surface area contributed by atoms with E-state index in [1.165, 1.54) is 12.1 Å². The summed E-state index contributed by atoms with van der Waals surface area (Å²) in [6.07, 6.45) is 0.624. The molecule has 2 rings (SSSR count). The van der Waals surface area contributed by atoms with Crippen LogP contribution in [0.3, 0.4) is 0 Å². The summed E-state index contributed by atoms with van der Waals surface area (Å²) in [4.78, 5) is 0. The van der Waals surface area contributed by atoms with Crippen molar-refractivity contribution in [1.82, 2.24) is 5.32 Å². The minimum atomic E-state index is -0.280. The maximum absolute atomic E-state index is 13.4. The molecule has 1 atom stereocenters. The van der Waals surface area contributed by atoms with Crippen molar-refractivity contribution in [3.05, 3.63) is 59.4 Å². The van der Waals surface area contributed by atoms with E-state index in [2.05, 4.69) is 5.32 Å². The Balaban J connectivity index is 2.22. The molecule has 0 amide bonds. The summed E-state index contributed by atoms with van der Waals surface area (Å²) >= 11 is 0. The van der Waals surface area contributed by atoms with Gasteiger partial charge in [-0.15, -0.1) is 0 Å². The fourth-order valence-electron chi connectivity index (χ4n) is 2.09. The van der Waals surface area contributed by atoms with Crippen molar-refractivity contribution in [3.8, 4) is 11.5 Å². The number of hydrogen-bond donors (Lipinski definition) is 2. The van der Waals surface area contributed by atoms with Gasteiger partial charge in [-0.1, -0.05) is 12.1 Å². The number of benzene rings is 2. The lowest BCUT2D eigenvalue weighted by molar-refractivity contribution is 0.299. The maximum Gasteiger partial charge on any atom is 0.132 e. The normalized spacial score (nSPS) is 12.2. The highest BCUT2D eigenvalue weighted by molar-refractivity contribution is 5.40. The molecule has 0 spiro atoms. The predicted molar refractivity (Wildman–Crippen MR) is 81.2 cm³/mol. The third-order valence-electron chi connectivity index (χ3n) is 3.42. The number of nitrogens with one attached hydrogen (secondary N) is 1. The van der Waals surface area contributed by atoms with Crippen LogP contribution in [0.1, 0.15) is 24.1 Å². The van der Waals surface area contributed by atoms with Gasteiger partial charge in [0.25, 0.3) is 0 Å². The van der Waals surface area contributed by atoms with Gasteiger partial charge < -0.3 is 15.2 Å². The molecule has 2 N–H and O–H groups in total. The first kappa shape index (κ1) is 15.5. The second-order valence-electron chi connectivity index (χ2n) is 4.91. The lowest BCUT2D eigenvalue weighted by Crippen LogP contribution is -2.13. The van der Waals surface area contributed by atoms with Crippen LogP contribution in [-0.2, 0) is 6.42 Å². The third-order valence-corrected chi connectivity index (χ3v) is 3.42. The van der Waals surface area contributed by atoms with Gasteiger partial charge >= 0.3 is 0 Å². The van der Waals surface area contributed by atoms with Gasteiger partial charge in [-0.3, -0.25) is 0 Å². The molecule has 0 aromatic heterocycles. The number of ether oxygens (including phenoxy) is 1. The summed E-state index contributed by atoms with van der Waals surface area (Å²) in [6.45, 7) is 2.08. The molecule has 3 nitrogen and oxygen atoms in total. The molecule has 0 aliphatic carbocycles. The van der Waals surface area contributed by atoms with Crippen LogP contribution < -0.4 is 10.1 Å². The zero-order valence-corrected chi connectivity index (χ0v) is 12.3. The molecule has 0 bridgehead atoms. The Morgan fingerprint density at radius 2 is 1.90 bits per heavy atom. The summed E-state index contributed by atoms with van der Waals surface area (Å²) in [5, 5.41) is 12.0. The summed E-state index contributed by atoms with van der Waals surface area (Å²) in [5.74, 6) is 1.04. The van der Waals surface area contributed by atoms with E-state index in [0.717, 1.165) is 11.1 Å². The van der Waals surface area contributed by atoms with E-state index >= 15 is 0 Å². The average molecular weight is 289 g/mol. The third kappa shape index (κ3) is 4.03. The summed E-state index contributed by atoms with van der Waals surface area (Å²) < 4.78 is 19.3. The molecule has 0 saturated heterocycles. The molecule has 4 heteroatoms. The van der Waals surface area contributed by atoms with Crippen molar-refractivity contribution >= 4 is 0 Å². The monoisotopic (exact) mass is 289 g/mol. The van der Waals surface area contributed by atoms with Gasteiger partial charge in [-0.25, -0.2) is 4.39 Å². The molecule has 2 aromatic rings. The van der Waals surface area contributed by atoms with Crippen LogP contribution in [0.25, 0.3) is 0 Å². The van der Waals surface area contributed by atoms with Crippen LogP contribution in [0, 0.1) is 5.82 Å². The number of rotatable bonds is 6. The van der Waals surface area contributed by atoms with E-state index in [0.29, 0.717) is 17.9 Å². The quantitative estimate of drug-likeness (QED) is 0.856. The van der Waals surface area contributed by atoms with E-state index in [9.17, 15) is 4.39 Å². The smallest absolute Gasteiger partial charge is 0.132 e. The molecule has 2 aromatic carbocycles.